The molecule has 0 heterocycles. The summed E-state index contributed by atoms with van der Waals surface area (Å²) in [5, 5.41) is 3.37. The second-order valence-electron chi connectivity index (χ2n) is 8.96. The van der Waals surface area contributed by atoms with Crippen LogP contribution < -0.4 is 9.62 Å². The van der Waals surface area contributed by atoms with Crippen molar-refractivity contribution < 1.29 is 18.0 Å². The number of amides is 2. The molecule has 10 heteroatoms. The van der Waals surface area contributed by atoms with E-state index in [2.05, 4.69) is 5.32 Å². The van der Waals surface area contributed by atoms with Gasteiger partial charge in [0.15, 0.2) is 0 Å². The van der Waals surface area contributed by atoms with Gasteiger partial charge in [-0.25, -0.2) is 8.42 Å². The van der Waals surface area contributed by atoms with Crippen LogP contribution in [0, 0.1) is 13.8 Å². The molecule has 0 saturated carbocycles. The minimum Gasteiger partial charge on any atom is -0.357 e. The van der Waals surface area contributed by atoms with Gasteiger partial charge in [0.05, 0.1) is 10.6 Å². The first-order valence-corrected chi connectivity index (χ1v) is 14.3. The molecule has 7 nitrogen and oxygen atoms in total. The number of benzene rings is 3. The molecule has 0 spiro atoms. The number of hydrogen-bond donors (Lipinski definition) is 1. The third-order valence-electron chi connectivity index (χ3n) is 6.17. The number of carbonyl (C=O) groups excluding carboxylic acids is 2. The van der Waals surface area contributed by atoms with Crippen molar-refractivity contribution in [3.8, 4) is 0 Å². The molecule has 1 atom stereocenters. The zero-order valence-electron chi connectivity index (χ0n) is 21.7. The van der Waals surface area contributed by atoms with Crippen molar-refractivity contribution in [1.29, 1.82) is 0 Å². The number of nitrogens with one attached hydrogen (secondary N) is 1. The number of rotatable bonds is 10. The lowest BCUT2D eigenvalue weighted by molar-refractivity contribution is -0.140. The van der Waals surface area contributed by atoms with E-state index in [1.807, 2.05) is 19.9 Å². The van der Waals surface area contributed by atoms with Crippen LogP contribution in [0.5, 0.6) is 0 Å². The summed E-state index contributed by atoms with van der Waals surface area (Å²) in [6.07, 6.45) is 0.311. The number of hydrogen-bond acceptors (Lipinski definition) is 4. The Balaban J connectivity index is 2.08. The molecule has 0 saturated heterocycles. The first-order valence-electron chi connectivity index (χ1n) is 12.1. The van der Waals surface area contributed by atoms with E-state index in [0.29, 0.717) is 27.7 Å². The SMILES string of the molecule is CC[C@H](C(=O)NC)N(Cc1ccc(Cl)cc1Cl)C(=O)CN(c1cccc(C)c1)S(=O)(=O)c1ccc(C)cc1. The highest BCUT2D eigenvalue weighted by Gasteiger charge is 2.33. The summed E-state index contributed by atoms with van der Waals surface area (Å²) >= 11 is 12.4. The van der Waals surface area contributed by atoms with Gasteiger partial charge in [-0.15, -0.1) is 0 Å². The maximum Gasteiger partial charge on any atom is 0.264 e. The summed E-state index contributed by atoms with van der Waals surface area (Å²) < 4.78 is 28.7. The van der Waals surface area contributed by atoms with Crippen molar-refractivity contribution in [2.24, 2.45) is 0 Å². The molecular weight excluding hydrogens is 545 g/mol. The maximum absolute atomic E-state index is 13.9. The lowest BCUT2D eigenvalue weighted by Crippen LogP contribution is -2.51. The molecule has 3 aromatic rings. The molecule has 3 aromatic carbocycles. The fraction of sp³-hybridized carbons (Fsp3) is 0.286. The topological polar surface area (TPSA) is 86.8 Å². The molecule has 0 aliphatic rings. The smallest absolute Gasteiger partial charge is 0.264 e. The molecule has 0 radical (unpaired) electrons. The fourth-order valence-electron chi connectivity index (χ4n) is 4.07. The fourth-order valence-corrected chi connectivity index (χ4v) is 5.94. The molecule has 0 aliphatic carbocycles. The molecule has 38 heavy (non-hydrogen) atoms. The average Bonchev–Trinajstić information content (AvgIpc) is 2.88. The van der Waals surface area contributed by atoms with E-state index in [1.54, 1.807) is 55.5 Å². The van der Waals surface area contributed by atoms with E-state index in [-0.39, 0.29) is 17.3 Å². The lowest BCUT2D eigenvalue weighted by Gasteiger charge is -2.33. The van der Waals surface area contributed by atoms with E-state index in [9.17, 15) is 18.0 Å². The van der Waals surface area contributed by atoms with Gasteiger partial charge in [-0.3, -0.25) is 13.9 Å². The maximum atomic E-state index is 13.9. The highest BCUT2D eigenvalue weighted by atomic mass is 35.5. The molecule has 0 aromatic heterocycles. The predicted molar refractivity (Wildman–Crippen MR) is 152 cm³/mol. The lowest BCUT2D eigenvalue weighted by atomic mass is 10.1. The van der Waals surface area contributed by atoms with Crippen LogP contribution in [-0.2, 0) is 26.2 Å². The van der Waals surface area contributed by atoms with Gasteiger partial charge in [0.2, 0.25) is 11.8 Å². The number of carbonyl (C=O) groups is 2. The standard InChI is InChI=1S/C28H31Cl2N3O4S/c1-5-26(28(35)31-4)32(17-21-11-12-22(29)16-25(21)30)27(34)18-33(23-8-6-7-20(3)15-23)38(36,37)24-13-9-19(2)10-14-24/h6-16,26H,5,17-18H2,1-4H3,(H,31,35)/t26-/m1/s1. The Kier molecular flexibility index (Phi) is 9.82. The van der Waals surface area contributed by atoms with E-state index in [4.69, 9.17) is 23.2 Å². The summed E-state index contributed by atoms with van der Waals surface area (Å²) in [5.74, 6) is -0.918. The number of halogens is 2. The minimum absolute atomic E-state index is 0.00695. The van der Waals surface area contributed by atoms with E-state index in [1.165, 1.54) is 24.1 Å². The van der Waals surface area contributed by atoms with Crippen LogP contribution in [0.3, 0.4) is 0 Å². The largest absolute Gasteiger partial charge is 0.357 e. The Morgan fingerprint density at radius 3 is 2.21 bits per heavy atom. The van der Waals surface area contributed by atoms with Gasteiger partial charge in [0.1, 0.15) is 12.6 Å². The monoisotopic (exact) mass is 575 g/mol. The zero-order valence-corrected chi connectivity index (χ0v) is 24.1. The van der Waals surface area contributed by atoms with Gasteiger partial charge in [-0.1, -0.05) is 66.0 Å². The van der Waals surface area contributed by atoms with Crippen LogP contribution in [0.2, 0.25) is 10.0 Å². The average molecular weight is 577 g/mol. The van der Waals surface area contributed by atoms with Crippen molar-refractivity contribution in [3.05, 3.63) is 93.5 Å². The first kappa shape index (κ1) is 29.5. The molecule has 0 unspecified atom stereocenters. The quantitative estimate of drug-likeness (QED) is 0.352. The number of likely N-dealkylation sites (N-methyl/N-ethyl adjacent to an activating group) is 1. The molecule has 2 amide bonds. The van der Waals surface area contributed by atoms with Crippen molar-refractivity contribution in [2.45, 2.75) is 44.7 Å². The van der Waals surface area contributed by atoms with E-state index in [0.717, 1.165) is 15.4 Å². The molecule has 1 N–H and O–H groups in total. The van der Waals surface area contributed by atoms with Gasteiger partial charge >= 0.3 is 0 Å². The van der Waals surface area contributed by atoms with Crippen molar-refractivity contribution >= 4 is 50.7 Å². The highest BCUT2D eigenvalue weighted by molar-refractivity contribution is 7.92. The molecule has 202 valence electrons. The number of aryl methyl sites for hydroxylation is 2. The summed E-state index contributed by atoms with van der Waals surface area (Å²) in [7, 11) is -2.63. The van der Waals surface area contributed by atoms with Crippen molar-refractivity contribution in [1.82, 2.24) is 10.2 Å². The Labute approximate surface area is 234 Å². The Bertz CT molecular complexity index is 1410. The number of sulfonamides is 1. The third kappa shape index (κ3) is 6.87. The van der Waals surface area contributed by atoms with Crippen molar-refractivity contribution in [3.63, 3.8) is 0 Å². The van der Waals surface area contributed by atoms with Crippen LogP contribution in [0.1, 0.15) is 30.0 Å². The second kappa shape index (κ2) is 12.7. The van der Waals surface area contributed by atoms with Gasteiger partial charge < -0.3 is 10.2 Å². The molecule has 0 aliphatic heterocycles. The second-order valence-corrected chi connectivity index (χ2v) is 11.7. The molecule has 0 bridgehead atoms. The Morgan fingerprint density at radius 1 is 0.947 bits per heavy atom. The predicted octanol–water partition coefficient (Wildman–Crippen LogP) is 5.36. The van der Waals surface area contributed by atoms with E-state index >= 15 is 0 Å². The molecular formula is C28H31Cl2N3O4S. The summed E-state index contributed by atoms with van der Waals surface area (Å²) in [6.45, 7) is 4.97. The highest BCUT2D eigenvalue weighted by Crippen LogP contribution is 2.27. The van der Waals surface area contributed by atoms with Crippen LogP contribution in [-0.4, -0.2) is 44.8 Å². The van der Waals surface area contributed by atoms with Crippen LogP contribution in [0.15, 0.2) is 71.6 Å². The molecule has 0 fully saturated rings. The zero-order chi connectivity index (χ0) is 28.0. The first-order chi connectivity index (χ1) is 18.0. The minimum atomic E-state index is -4.12. The van der Waals surface area contributed by atoms with Crippen LogP contribution in [0.4, 0.5) is 5.69 Å². The van der Waals surface area contributed by atoms with Gasteiger partial charge in [-0.05, 0) is 67.8 Å². The number of anilines is 1. The molecule has 3 rings (SSSR count). The Hall–Kier alpha value is -3.07. The normalized spacial score (nSPS) is 12.1. The summed E-state index contributed by atoms with van der Waals surface area (Å²) in [5.41, 5.74) is 2.66. The summed E-state index contributed by atoms with van der Waals surface area (Å²) in [4.78, 5) is 28.1. The Morgan fingerprint density at radius 2 is 1.63 bits per heavy atom. The summed E-state index contributed by atoms with van der Waals surface area (Å²) in [6, 6.07) is 17.4. The number of nitrogens with zero attached hydrogens (tertiary/aromatic N) is 2. The van der Waals surface area contributed by atoms with Gasteiger partial charge in [0, 0.05) is 23.6 Å². The van der Waals surface area contributed by atoms with Crippen molar-refractivity contribution in [2.75, 3.05) is 17.9 Å². The van der Waals surface area contributed by atoms with Gasteiger partial charge in [-0.2, -0.15) is 0 Å². The van der Waals surface area contributed by atoms with Crippen LogP contribution >= 0.6 is 23.2 Å². The van der Waals surface area contributed by atoms with E-state index < -0.39 is 28.5 Å². The van der Waals surface area contributed by atoms with Gasteiger partial charge in [0.25, 0.3) is 10.0 Å². The third-order valence-corrected chi connectivity index (χ3v) is 8.54. The van der Waals surface area contributed by atoms with Crippen LogP contribution in [0.25, 0.3) is 0 Å².